The fraction of sp³-hybridized carbons (Fsp3) is 0.455. The van der Waals surface area contributed by atoms with Crippen LogP contribution in [-0.2, 0) is 4.74 Å². The number of aromatic carboxylic acids is 1. The second-order valence-electron chi connectivity index (χ2n) is 4.03. The Labute approximate surface area is 108 Å². The molecular formula is C11H12N2O6. The number of carbonyl (C=O) groups is 1. The molecule has 0 radical (unpaired) electrons. The summed E-state index contributed by atoms with van der Waals surface area (Å²) in [7, 11) is 0. The van der Waals surface area contributed by atoms with Crippen molar-refractivity contribution in [2.75, 3.05) is 13.2 Å². The molecule has 1 aromatic rings. The molecule has 2 heterocycles. The van der Waals surface area contributed by atoms with E-state index >= 15 is 0 Å². The van der Waals surface area contributed by atoms with E-state index in [1.807, 2.05) is 0 Å². The molecule has 102 valence electrons. The molecule has 0 spiro atoms. The van der Waals surface area contributed by atoms with Gasteiger partial charge in [-0.1, -0.05) is 0 Å². The molecule has 0 amide bonds. The number of carboxylic acid groups (broad SMARTS) is 1. The van der Waals surface area contributed by atoms with E-state index in [9.17, 15) is 14.9 Å². The highest BCUT2D eigenvalue weighted by Crippen LogP contribution is 2.23. The third-order valence-electron chi connectivity index (χ3n) is 2.74. The largest absolute Gasteiger partial charge is 0.477 e. The summed E-state index contributed by atoms with van der Waals surface area (Å²) in [5, 5.41) is 19.6. The van der Waals surface area contributed by atoms with Crippen LogP contribution >= 0.6 is 0 Å². The van der Waals surface area contributed by atoms with Gasteiger partial charge in [0, 0.05) is 18.9 Å². The summed E-state index contributed by atoms with van der Waals surface area (Å²) in [6, 6.07) is 1.08. The molecule has 0 aromatic carbocycles. The molecule has 8 nitrogen and oxygen atoms in total. The summed E-state index contributed by atoms with van der Waals surface area (Å²) in [5.41, 5.74) is -0.978. The van der Waals surface area contributed by atoms with Crippen molar-refractivity contribution in [1.29, 1.82) is 0 Å². The van der Waals surface area contributed by atoms with Gasteiger partial charge in [0.1, 0.15) is 17.9 Å². The summed E-state index contributed by atoms with van der Waals surface area (Å²) >= 11 is 0. The SMILES string of the molecule is O=C(O)c1cc(OC2CCOCC2)ncc1[N+](=O)[O-]. The van der Waals surface area contributed by atoms with Gasteiger partial charge < -0.3 is 14.6 Å². The van der Waals surface area contributed by atoms with Crippen LogP contribution < -0.4 is 4.74 Å². The number of nitrogens with zero attached hydrogens (tertiary/aromatic N) is 2. The molecule has 2 rings (SSSR count). The maximum atomic E-state index is 11.0. The van der Waals surface area contributed by atoms with Crippen molar-refractivity contribution in [3.63, 3.8) is 0 Å². The van der Waals surface area contributed by atoms with E-state index in [1.165, 1.54) is 0 Å². The number of carboxylic acids is 1. The molecule has 1 fully saturated rings. The van der Waals surface area contributed by atoms with Gasteiger partial charge in [0.25, 0.3) is 0 Å². The van der Waals surface area contributed by atoms with Gasteiger partial charge in [-0.05, 0) is 0 Å². The van der Waals surface area contributed by atoms with Gasteiger partial charge in [0.05, 0.1) is 18.1 Å². The number of rotatable bonds is 4. The van der Waals surface area contributed by atoms with Crippen LogP contribution in [0.2, 0.25) is 0 Å². The summed E-state index contributed by atoms with van der Waals surface area (Å²) in [6.07, 6.45) is 2.16. The summed E-state index contributed by atoms with van der Waals surface area (Å²) in [6.45, 7) is 1.15. The highest BCUT2D eigenvalue weighted by molar-refractivity contribution is 5.92. The molecule has 1 N–H and O–H groups in total. The van der Waals surface area contributed by atoms with Crippen LogP contribution in [0.3, 0.4) is 0 Å². The number of pyridine rings is 1. The first-order valence-electron chi connectivity index (χ1n) is 5.70. The molecule has 1 aliphatic heterocycles. The maximum absolute atomic E-state index is 11.0. The molecule has 0 bridgehead atoms. The van der Waals surface area contributed by atoms with E-state index in [2.05, 4.69) is 4.98 Å². The lowest BCUT2D eigenvalue weighted by molar-refractivity contribution is -0.385. The zero-order valence-electron chi connectivity index (χ0n) is 9.94. The fourth-order valence-electron chi connectivity index (χ4n) is 1.77. The number of hydrogen-bond donors (Lipinski definition) is 1. The van der Waals surface area contributed by atoms with Gasteiger partial charge in [-0.15, -0.1) is 0 Å². The molecule has 1 saturated heterocycles. The van der Waals surface area contributed by atoms with Crippen LogP contribution in [0.4, 0.5) is 5.69 Å². The Morgan fingerprint density at radius 2 is 2.21 bits per heavy atom. The third kappa shape index (κ3) is 3.16. The standard InChI is InChI=1S/C11H12N2O6/c14-11(15)8-5-10(12-6-9(8)13(16)17)19-7-1-3-18-4-2-7/h5-7H,1-4H2,(H,14,15). The van der Waals surface area contributed by atoms with E-state index in [4.69, 9.17) is 14.6 Å². The number of nitro groups is 1. The van der Waals surface area contributed by atoms with Gasteiger partial charge in [-0.25, -0.2) is 9.78 Å². The molecule has 0 saturated carbocycles. The van der Waals surface area contributed by atoms with Gasteiger partial charge in [0.15, 0.2) is 0 Å². The topological polar surface area (TPSA) is 112 Å². The first-order chi connectivity index (χ1) is 9.08. The Bertz CT molecular complexity index is 498. The molecule has 0 aliphatic carbocycles. The van der Waals surface area contributed by atoms with E-state index in [0.717, 1.165) is 12.3 Å². The molecule has 0 unspecified atom stereocenters. The number of ether oxygens (including phenoxy) is 2. The van der Waals surface area contributed by atoms with Crippen LogP contribution in [0.5, 0.6) is 5.88 Å². The minimum Gasteiger partial charge on any atom is -0.477 e. The third-order valence-corrected chi connectivity index (χ3v) is 2.74. The minimum atomic E-state index is -1.38. The molecule has 19 heavy (non-hydrogen) atoms. The molecule has 8 heteroatoms. The predicted molar refractivity (Wildman–Crippen MR) is 62.3 cm³/mol. The second kappa shape index (κ2) is 5.61. The van der Waals surface area contributed by atoms with Crippen LogP contribution in [0.1, 0.15) is 23.2 Å². The van der Waals surface area contributed by atoms with Crippen molar-refractivity contribution in [2.24, 2.45) is 0 Å². The fourth-order valence-corrected chi connectivity index (χ4v) is 1.77. The lowest BCUT2D eigenvalue weighted by Gasteiger charge is -2.22. The smallest absolute Gasteiger partial charge is 0.342 e. The monoisotopic (exact) mass is 268 g/mol. The highest BCUT2D eigenvalue weighted by atomic mass is 16.6. The minimum absolute atomic E-state index is 0.0786. The Morgan fingerprint density at radius 1 is 1.53 bits per heavy atom. The molecule has 0 atom stereocenters. The Balaban J connectivity index is 2.20. The first-order valence-corrected chi connectivity index (χ1v) is 5.70. The lowest BCUT2D eigenvalue weighted by atomic mass is 10.1. The zero-order chi connectivity index (χ0) is 13.8. The molecular weight excluding hydrogens is 256 g/mol. The van der Waals surface area contributed by atoms with Crippen LogP contribution in [0, 0.1) is 10.1 Å². The highest BCUT2D eigenvalue weighted by Gasteiger charge is 2.23. The van der Waals surface area contributed by atoms with Crippen LogP contribution in [0.15, 0.2) is 12.3 Å². The molecule has 1 aromatic heterocycles. The lowest BCUT2D eigenvalue weighted by Crippen LogP contribution is -2.26. The Hall–Kier alpha value is -2.22. The van der Waals surface area contributed by atoms with Gasteiger partial charge in [0.2, 0.25) is 5.88 Å². The number of aromatic nitrogens is 1. The first kappa shape index (κ1) is 13.2. The second-order valence-corrected chi connectivity index (χ2v) is 4.03. The van der Waals surface area contributed by atoms with Crippen LogP contribution in [0.25, 0.3) is 0 Å². The van der Waals surface area contributed by atoms with Gasteiger partial charge in [-0.3, -0.25) is 10.1 Å². The summed E-state index contributed by atoms with van der Waals surface area (Å²) in [4.78, 5) is 24.6. The molecule has 1 aliphatic rings. The Morgan fingerprint density at radius 3 is 2.79 bits per heavy atom. The van der Waals surface area contributed by atoms with Crippen molar-refractivity contribution in [3.8, 4) is 5.88 Å². The quantitative estimate of drug-likeness (QED) is 0.645. The average Bonchev–Trinajstić information content (AvgIpc) is 2.39. The van der Waals surface area contributed by atoms with Crippen molar-refractivity contribution < 1.29 is 24.3 Å². The maximum Gasteiger partial charge on any atom is 0.342 e. The van der Waals surface area contributed by atoms with Gasteiger partial charge >= 0.3 is 11.7 Å². The zero-order valence-corrected chi connectivity index (χ0v) is 9.94. The Kier molecular flexibility index (Phi) is 3.91. The van der Waals surface area contributed by atoms with E-state index < -0.39 is 22.1 Å². The summed E-state index contributed by atoms with van der Waals surface area (Å²) in [5.74, 6) is -1.30. The van der Waals surface area contributed by atoms with Gasteiger partial charge in [-0.2, -0.15) is 0 Å². The number of hydrogen-bond acceptors (Lipinski definition) is 6. The van der Waals surface area contributed by atoms with E-state index in [0.29, 0.717) is 26.1 Å². The van der Waals surface area contributed by atoms with E-state index in [-0.39, 0.29) is 12.0 Å². The van der Waals surface area contributed by atoms with Crippen LogP contribution in [-0.4, -0.2) is 40.3 Å². The average molecular weight is 268 g/mol. The van der Waals surface area contributed by atoms with Crippen molar-refractivity contribution >= 4 is 11.7 Å². The normalized spacial score (nSPS) is 16.0. The van der Waals surface area contributed by atoms with Crippen molar-refractivity contribution in [3.05, 3.63) is 27.9 Å². The van der Waals surface area contributed by atoms with Crippen molar-refractivity contribution in [1.82, 2.24) is 4.98 Å². The van der Waals surface area contributed by atoms with E-state index in [1.54, 1.807) is 0 Å². The predicted octanol–water partition coefficient (Wildman–Crippen LogP) is 1.25. The van der Waals surface area contributed by atoms with Crippen molar-refractivity contribution in [2.45, 2.75) is 18.9 Å². The summed E-state index contributed by atoms with van der Waals surface area (Å²) < 4.78 is 10.7.